The highest BCUT2D eigenvalue weighted by atomic mass is 16.2. The molecule has 3 N–H and O–H groups in total. The molecule has 0 aliphatic rings. The zero-order valence-corrected chi connectivity index (χ0v) is 8.85. The van der Waals surface area contributed by atoms with Crippen LogP contribution in [0.3, 0.4) is 0 Å². The topological polar surface area (TPSA) is 108 Å². The van der Waals surface area contributed by atoms with Gasteiger partial charge in [0.1, 0.15) is 6.54 Å². The Labute approximate surface area is 88.9 Å². The van der Waals surface area contributed by atoms with E-state index >= 15 is 0 Å². The number of carbonyl (C=O) groups excluding carboxylic acids is 1. The SMILES string of the molecule is Cn1c(=O)c2c([nH]n2CC(N)=O)n(C)c1=O. The van der Waals surface area contributed by atoms with Gasteiger partial charge in [0, 0.05) is 14.1 Å². The van der Waals surface area contributed by atoms with Crippen molar-refractivity contribution in [2.45, 2.75) is 6.54 Å². The summed E-state index contributed by atoms with van der Waals surface area (Å²) in [6, 6.07) is 0. The molecule has 0 saturated heterocycles. The molecule has 16 heavy (non-hydrogen) atoms. The van der Waals surface area contributed by atoms with Crippen molar-refractivity contribution in [3.05, 3.63) is 20.8 Å². The third-order valence-corrected chi connectivity index (χ3v) is 2.47. The van der Waals surface area contributed by atoms with Crippen molar-refractivity contribution >= 4 is 17.1 Å². The van der Waals surface area contributed by atoms with E-state index in [0.717, 1.165) is 4.57 Å². The molecule has 0 saturated carbocycles. The summed E-state index contributed by atoms with van der Waals surface area (Å²) in [6.07, 6.45) is 0. The zero-order valence-electron chi connectivity index (χ0n) is 8.85. The maximum Gasteiger partial charge on any atom is 0.332 e. The van der Waals surface area contributed by atoms with Crippen molar-refractivity contribution < 1.29 is 4.79 Å². The number of nitrogens with one attached hydrogen (secondary N) is 1. The first-order valence-corrected chi connectivity index (χ1v) is 4.56. The summed E-state index contributed by atoms with van der Waals surface area (Å²) in [5.74, 6) is -0.561. The van der Waals surface area contributed by atoms with Gasteiger partial charge in [-0.15, -0.1) is 0 Å². The summed E-state index contributed by atoms with van der Waals surface area (Å²) in [4.78, 5) is 33.9. The lowest BCUT2D eigenvalue weighted by Crippen LogP contribution is -2.41. The molecule has 1 amide bonds. The number of carbonyl (C=O) groups is 1. The maximum atomic E-state index is 11.7. The molecule has 0 aliphatic heterocycles. The molecule has 0 fully saturated rings. The van der Waals surface area contributed by atoms with Crippen molar-refractivity contribution in [3.63, 3.8) is 0 Å². The van der Waals surface area contributed by atoms with Crippen LogP contribution >= 0.6 is 0 Å². The Bertz CT molecular complexity index is 683. The number of aromatic nitrogens is 4. The number of hydrogen-bond donors (Lipinski definition) is 2. The van der Waals surface area contributed by atoms with Crippen LogP contribution in [-0.4, -0.2) is 24.8 Å². The Balaban J connectivity index is 2.76. The second-order valence-corrected chi connectivity index (χ2v) is 3.57. The Morgan fingerprint density at radius 1 is 1.31 bits per heavy atom. The largest absolute Gasteiger partial charge is 0.368 e. The third-order valence-electron chi connectivity index (χ3n) is 2.47. The second kappa shape index (κ2) is 3.12. The van der Waals surface area contributed by atoms with E-state index in [2.05, 4.69) is 5.10 Å². The van der Waals surface area contributed by atoms with Gasteiger partial charge in [-0.1, -0.05) is 0 Å². The molecule has 0 atom stereocenters. The molecular weight excluding hydrogens is 214 g/mol. The number of hydrogen-bond acceptors (Lipinski definition) is 3. The van der Waals surface area contributed by atoms with Crippen molar-refractivity contribution in [2.24, 2.45) is 19.8 Å². The van der Waals surface area contributed by atoms with Gasteiger partial charge in [0.2, 0.25) is 5.91 Å². The van der Waals surface area contributed by atoms with Crippen LogP contribution in [0.2, 0.25) is 0 Å². The van der Waals surface area contributed by atoms with Crippen molar-refractivity contribution in [3.8, 4) is 0 Å². The maximum absolute atomic E-state index is 11.7. The summed E-state index contributed by atoms with van der Waals surface area (Å²) in [5, 5.41) is 2.71. The molecule has 2 rings (SSSR count). The van der Waals surface area contributed by atoms with Crippen LogP contribution in [0.15, 0.2) is 9.59 Å². The molecule has 0 spiro atoms. The fourth-order valence-electron chi connectivity index (χ4n) is 1.60. The molecule has 0 aliphatic carbocycles. The van der Waals surface area contributed by atoms with Crippen molar-refractivity contribution in [1.29, 1.82) is 0 Å². The van der Waals surface area contributed by atoms with E-state index in [1.54, 1.807) is 0 Å². The zero-order chi connectivity index (χ0) is 12.0. The molecule has 0 aromatic carbocycles. The average Bonchev–Trinajstić information content (AvgIpc) is 2.18. The minimum absolute atomic E-state index is 0.111. The molecule has 2 heterocycles. The molecule has 2 aromatic rings. The monoisotopic (exact) mass is 225 g/mol. The molecule has 8 nitrogen and oxygen atoms in total. The number of fused-ring (bicyclic) bond motifs is 1. The van der Waals surface area contributed by atoms with Gasteiger partial charge in [0.25, 0.3) is 5.56 Å². The first kappa shape index (κ1) is 10.3. The molecule has 2 aromatic heterocycles. The molecular formula is C8H11N5O3. The van der Waals surface area contributed by atoms with E-state index in [1.807, 2.05) is 0 Å². The van der Waals surface area contributed by atoms with Crippen LogP contribution in [0.4, 0.5) is 0 Å². The average molecular weight is 225 g/mol. The van der Waals surface area contributed by atoms with E-state index in [0.29, 0.717) is 5.65 Å². The van der Waals surface area contributed by atoms with Gasteiger partial charge in [0.05, 0.1) is 0 Å². The van der Waals surface area contributed by atoms with Crippen LogP contribution in [0.5, 0.6) is 0 Å². The molecule has 0 bridgehead atoms. The van der Waals surface area contributed by atoms with Crippen molar-refractivity contribution in [2.75, 3.05) is 0 Å². The first-order valence-electron chi connectivity index (χ1n) is 4.56. The van der Waals surface area contributed by atoms with Crippen LogP contribution < -0.4 is 17.0 Å². The van der Waals surface area contributed by atoms with Gasteiger partial charge in [-0.2, -0.15) is 0 Å². The lowest BCUT2D eigenvalue weighted by molar-refractivity contribution is -0.118. The fraction of sp³-hybridized carbons (Fsp3) is 0.375. The van der Waals surface area contributed by atoms with Crippen LogP contribution in [0.1, 0.15) is 0 Å². The number of nitrogens with zero attached hydrogens (tertiary/aromatic N) is 3. The molecule has 0 radical (unpaired) electrons. The van der Waals surface area contributed by atoms with Gasteiger partial charge in [-0.25, -0.2) is 4.79 Å². The summed E-state index contributed by atoms with van der Waals surface area (Å²) in [7, 11) is 2.92. The minimum Gasteiger partial charge on any atom is -0.368 e. The predicted octanol–water partition coefficient (Wildman–Crippen LogP) is -2.15. The highest BCUT2D eigenvalue weighted by Gasteiger charge is 2.17. The number of nitrogens with two attached hydrogens (primary N) is 1. The van der Waals surface area contributed by atoms with E-state index < -0.39 is 17.2 Å². The highest BCUT2D eigenvalue weighted by Crippen LogP contribution is 2.06. The predicted molar refractivity (Wildman–Crippen MR) is 56.0 cm³/mol. The van der Waals surface area contributed by atoms with E-state index in [9.17, 15) is 14.4 Å². The van der Waals surface area contributed by atoms with Gasteiger partial charge >= 0.3 is 5.69 Å². The van der Waals surface area contributed by atoms with Gasteiger partial charge < -0.3 is 5.73 Å². The normalized spacial score (nSPS) is 11.1. The second-order valence-electron chi connectivity index (χ2n) is 3.57. The van der Waals surface area contributed by atoms with Gasteiger partial charge in [-0.3, -0.25) is 28.5 Å². The molecule has 86 valence electrons. The quantitative estimate of drug-likeness (QED) is 0.608. The van der Waals surface area contributed by atoms with Crippen molar-refractivity contribution in [1.82, 2.24) is 18.9 Å². The summed E-state index contributed by atoms with van der Waals surface area (Å²) in [6.45, 7) is -0.111. The highest BCUT2D eigenvalue weighted by molar-refractivity contribution is 5.78. The Morgan fingerprint density at radius 3 is 2.50 bits per heavy atom. The summed E-state index contributed by atoms with van der Waals surface area (Å²) >= 11 is 0. The standard InChI is InChI=1S/C8H11N5O3/c1-11-6-5(7(15)12(2)8(11)16)13(10-6)3-4(9)14/h10H,3H2,1-2H3,(H2,9,14). The summed E-state index contributed by atoms with van der Waals surface area (Å²) < 4.78 is 3.60. The number of amides is 1. The first-order chi connectivity index (χ1) is 7.43. The van der Waals surface area contributed by atoms with Gasteiger partial charge in [-0.05, 0) is 0 Å². The minimum atomic E-state index is -0.561. The number of rotatable bonds is 2. The lowest BCUT2D eigenvalue weighted by Gasteiger charge is -2.17. The fourth-order valence-corrected chi connectivity index (χ4v) is 1.60. The summed E-state index contributed by atoms with van der Waals surface area (Å²) in [5.41, 5.74) is 4.83. The van der Waals surface area contributed by atoms with E-state index in [4.69, 9.17) is 5.73 Å². The number of aryl methyl sites for hydroxylation is 1. The van der Waals surface area contributed by atoms with E-state index in [-0.39, 0.29) is 12.1 Å². The number of primary amides is 1. The number of aromatic amines is 1. The number of H-pyrrole nitrogens is 1. The third kappa shape index (κ3) is 1.19. The lowest BCUT2D eigenvalue weighted by atomic mass is 10.4. The Kier molecular flexibility index (Phi) is 2.00. The van der Waals surface area contributed by atoms with Crippen LogP contribution in [0.25, 0.3) is 11.2 Å². The van der Waals surface area contributed by atoms with Gasteiger partial charge in [0.15, 0.2) is 11.2 Å². The molecule has 8 heteroatoms. The van der Waals surface area contributed by atoms with Crippen LogP contribution in [0, 0.1) is 0 Å². The van der Waals surface area contributed by atoms with Crippen LogP contribution in [-0.2, 0) is 25.4 Å². The Hall–Kier alpha value is -2.25. The smallest absolute Gasteiger partial charge is 0.332 e. The molecule has 0 unspecified atom stereocenters. The Morgan fingerprint density at radius 2 is 1.94 bits per heavy atom. The van der Waals surface area contributed by atoms with E-state index in [1.165, 1.54) is 23.3 Å².